The molecule has 0 saturated carbocycles. The van der Waals surface area contributed by atoms with Crippen molar-refractivity contribution in [2.24, 2.45) is 0 Å². The molecule has 0 radical (unpaired) electrons. The Morgan fingerprint density at radius 1 is 1.57 bits per heavy atom. The van der Waals surface area contributed by atoms with E-state index >= 15 is 0 Å². The summed E-state index contributed by atoms with van der Waals surface area (Å²) in [4.78, 5) is 18.4. The minimum Gasteiger partial charge on any atom is -0.476 e. The van der Waals surface area contributed by atoms with Gasteiger partial charge >= 0.3 is 5.97 Å². The summed E-state index contributed by atoms with van der Waals surface area (Å²) < 4.78 is 4.85. The standard InChI is InChI=1S/C8H10N2O3S/c1-13-4-5-14-7-6(8(11)12)9-2-3-10-7/h2-3H,4-5H2,1H3,(H,11,12). The Labute approximate surface area is 85.5 Å². The van der Waals surface area contributed by atoms with E-state index in [1.165, 1.54) is 24.2 Å². The van der Waals surface area contributed by atoms with E-state index in [2.05, 4.69) is 9.97 Å². The SMILES string of the molecule is COCCSc1nccnc1C(=O)O. The van der Waals surface area contributed by atoms with Crippen LogP contribution in [0.2, 0.25) is 0 Å². The summed E-state index contributed by atoms with van der Waals surface area (Å²) in [5, 5.41) is 9.20. The largest absolute Gasteiger partial charge is 0.476 e. The van der Waals surface area contributed by atoms with Crippen LogP contribution in [0.4, 0.5) is 0 Å². The van der Waals surface area contributed by atoms with Crippen molar-refractivity contribution >= 4 is 17.7 Å². The molecular weight excluding hydrogens is 204 g/mol. The van der Waals surface area contributed by atoms with Crippen molar-refractivity contribution in [2.75, 3.05) is 19.5 Å². The molecule has 0 aliphatic carbocycles. The number of carbonyl (C=O) groups is 1. The summed E-state index contributed by atoms with van der Waals surface area (Å²) in [7, 11) is 1.59. The van der Waals surface area contributed by atoms with Crippen LogP contribution in [0.3, 0.4) is 0 Å². The Kier molecular flexibility index (Phi) is 4.34. The van der Waals surface area contributed by atoms with Gasteiger partial charge in [-0.3, -0.25) is 0 Å². The minimum absolute atomic E-state index is 0.00592. The van der Waals surface area contributed by atoms with Crippen LogP contribution in [0.5, 0.6) is 0 Å². The molecule has 0 aliphatic rings. The van der Waals surface area contributed by atoms with Crippen LogP contribution in [0.25, 0.3) is 0 Å². The fraction of sp³-hybridized carbons (Fsp3) is 0.375. The average Bonchev–Trinajstić information content (AvgIpc) is 2.19. The van der Waals surface area contributed by atoms with Gasteiger partial charge < -0.3 is 9.84 Å². The molecule has 0 bridgehead atoms. The lowest BCUT2D eigenvalue weighted by atomic mass is 10.5. The van der Waals surface area contributed by atoms with Gasteiger partial charge in [-0.1, -0.05) is 0 Å². The predicted molar refractivity (Wildman–Crippen MR) is 51.6 cm³/mol. The third kappa shape index (κ3) is 2.97. The lowest BCUT2D eigenvalue weighted by Gasteiger charge is -2.02. The number of methoxy groups -OCH3 is 1. The van der Waals surface area contributed by atoms with E-state index in [9.17, 15) is 4.79 Å². The molecule has 1 N–H and O–H groups in total. The van der Waals surface area contributed by atoms with E-state index in [1.54, 1.807) is 7.11 Å². The first-order chi connectivity index (χ1) is 6.75. The van der Waals surface area contributed by atoms with Crippen LogP contribution in [0, 0.1) is 0 Å². The first-order valence-electron chi connectivity index (χ1n) is 3.91. The molecular formula is C8H10N2O3S. The topological polar surface area (TPSA) is 72.3 Å². The number of carboxylic acid groups (broad SMARTS) is 1. The number of ether oxygens (including phenoxy) is 1. The lowest BCUT2D eigenvalue weighted by Crippen LogP contribution is -2.04. The zero-order valence-corrected chi connectivity index (χ0v) is 8.45. The van der Waals surface area contributed by atoms with Crippen LogP contribution in [-0.4, -0.2) is 40.5 Å². The molecule has 0 atom stereocenters. The molecule has 0 aliphatic heterocycles. The molecule has 0 fully saturated rings. The maximum Gasteiger partial charge on any atom is 0.357 e. The fourth-order valence-corrected chi connectivity index (χ4v) is 1.65. The second-order valence-corrected chi connectivity index (χ2v) is 3.44. The second kappa shape index (κ2) is 5.56. The summed E-state index contributed by atoms with van der Waals surface area (Å²) in [6, 6.07) is 0. The maximum absolute atomic E-state index is 10.7. The van der Waals surface area contributed by atoms with Gasteiger partial charge in [0.15, 0.2) is 5.69 Å². The molecule has 76 valence electrons. The third-order valence-corrected chi connectivity index (χ3v) is 2.34. The Morgan fingerprint density at radius 3 is 2.93 bits per heavy atom. The maximum atomic E-state index is 10.7. The predicted octanol–water partition coefficient (Wildman–Crippen LogP) is 0.913. The van der Waals surface area contributed by atoms with Gasteiger partial charge in [0.1, 0.15) is 5.03 Å². The van der Waals surface area contributed by atoms with Gasteiger partial charge in [0.05, 0.1) is 6.61 Å². The van der Waals surface area contributed by atoms with Gasteiger partial charge in [-0.05, 0) is 0 Å². The van der Waals surface area contributed by atoms with Crippen LogP contribution in [0.15, 0.2) is 17.4 Å². The monoisotopic (exact) mass is 214 g/mol. The van der Waals surface area contributed by atoms with Crippen molar-refractivity contribution in [1.29, 1.82) is 0 Å². The van der Waals surface area contributed by atoms with Crippen LogP contribution in [0.1, 0.15) is 10.5 Å². The van der Waals surface area contributed by atoms with Gasteiger partial charge in [-0.2, -0.15) is 0 Å². The number of aromatic carboxylic acids is 1. The smallest absolute Gasteiger partial charge is 0.357 e. The molecule has 1 aromatic rings. The number of aromatic nitrogens is 2. The highest BCUT2D eigenvalue weighted by Gasteiger charge is 2.12. The van der Waals surface area contributed by atoms with E-state index in [1.807, 2.05) is 0 Å². The van der Waals surface area contributed by atoms with Gasteiger partial charge in [0.25, 0.3) is 0 Å². The number of nitrogens with zero attached hydrogens (tertiary/aromatic N) is 2. The number of carboxylic acids is 1. The third-order valence-electron chi connectivity index (χ3n) is 1.39. The summed E-state index contributed by atoms with van der Waals surface area (Å²) in [5.74, 6) is -0.395. The van der Waals surface area contributed by atoms with Crippen molar-refractivity contribution < 1.29 is 14.6 Å². The molecule has 0 spiro atoms. The van der Waals surface area contributed by atoms with Gasteiger partial charge in [0.2, 0.25) is 0 Å². The van der Waals surface area contributed by atoms with Gasteiger partial charge in [-0.25, -0.2) is 14.8 Å². The zero-order valence-electron chi connectivity index (χ0n) is 7.64. The molecule has 0 aromatic carbocycles. The van der Waals surface area contributed by atoms with Crippen molar-refractivity contribution in [3.05, 3.63) is 18.1 Å². The summed E-state index contributed by atoms with van der Waals surface area (Å²) >= 11 is 1.32. The first kappa shape index (κ1) is 10.9. The van der Waals surface area contributed by atoms with Crippen molar-refractivity contribution in [3.63, 3.8) is 0 Å². The Morgan fingerprint density at radius 2 is 2.29 bits per heavy atom. The molecule has 1 aromatic heterocycles. The van der Waals surface area contributed by atoms with Gasteiger partial charge in [-0.15, -0.1) is 11.8 Å². The molecule has 0 unspecified atom stereocenters. The average molecular weight is 214 g/mol. The van der Waals surface area contributed by atoms with Crippen LogP contribution >= 0.6 is 11.8 Å². The molecule has 14 heavy (non-hydrogen) atoms. The summed E-state index contributed by atoms with van der Waals surface area (Å²) in [6.07, 6.45) is 2.84. The Bertz CT molecular complexity index is 319. The van der Waals surface area contributed by atoms with E-state index in [-0.39, 0.29) is 5.69 Å². The number of thioether (sulfide) groups is 1. The van der Waals surface area contributed by atoms with Crippen molar-refractivity contribution in [2.45, 2.75) is 5.03 Å². The van der Waals surface area contributed by atoms with Crippen LogP contribution < -0.4 is 0 Å². The minimum atomic E-state index is -1.06. The fourth-order valence-electron chi connectivity index (χ4n) is 0.799. The Hall–Kier alpha value is -1.14. The number of hydrogen-bond acceptors (Lipinski definition) is 5. The molecule has 0 saturated heterocycles. The number of rotatable bonds is 5. The molecule has 1 heterocycles. The highest BCUT2D eigenvalue weighted by molar-refractivity contribution is 7.99. The van der Waals surface area contributed by atoms with Crippen molar-refractivity contribution in [3.8, 4) is 0 Å². The highest BCUT2D eigenvalue weighted by atomic mass is 32.2. The second-order valence-electron chi connectivity index (χ2n) is 2.36. The molecule has 5 nitrogen and oxygen atoms in total. The zero-order chi connectivity index (χ0) is 10.4. The highest BCUT2D eigenvalue weighted by Crippen LogP contribution is 2.17. The van der Waals surface area contributed by atoms with E-state index in [0.29, 0.717) is 17.4 Å². The normalized spacial score (nSPS) is 10.1. The van der Waals surface area contributed by atoms with Crippen LogP contribution in [-0.2, 0) is 4.74 Å². The van der Waals surface area contributed by atoms with E-state index < -0.39 is 5.97 Å². The first-order valence-corrected chi connectivity index (χ1v) is 4.90. The Balaban J connectivity index is 2.69. The van der Waals surface area contributed by atoms with Crippen molar-refractivity contribution in [1.82, 2.24) is 9.97 Å². The molecule has 6 heteroatoms. The number of hydrogen-bond donors (Lipinski definition) is 1. The summed E-state index contributed by atoms with van der Waals surface area (Å²) in [6.45, 7) is 0.556. The van der Waals surface area contributed by atoms with Gasteiger partial charge in [0, 0.05) is 25.3 Å². The van der Waals surface area contributed by atoms with E-state index in [0.717, 1.165) is 0 Å². The quantitative estimate of drug-likeness (QED) is 0.580. The summed E-state index contributed by atoms with van der Waals surface area (Å²) in [5.41, 5.74) is -0.00592. The lowest BCUT2D eigenvalue weighted by molar-refractivity contribution is 0.0685. The molecule has 0 amide bonds. The van der Waals surface area contributed by atoms with E-state index in [4.69, 9.17) is 9.84 Å². The molecule has 1 rings (SSSR count).